The maximum atomic E-state index is 12.5. The number of H-pyrrole nitrogens is 1. The first-order valence-corrected chi connectivity index (χ1v) is 7.73. The van der Waals surface area contributed by atoms with Gasteiger partial charge in [0.25, 0.3) is 5.56 Å². The van der Waals surface area contributed by atoms with Crippen molar-refractivity contribution in [2.75, 3.05) is 5.32 Å². The minimum absolute atomic E-state index is 0.00810. The molecule has 2 aromatic rings. The van der Waals surface area contributed by atoms with Crippen molar-refractivity contribution in [1.29, 1.82) is 5.26 Å². The Morgan fingerprint density at radius 1 is 1.23 bits per heavy atom. The first-order valence-electron chi connectivity index (χ1n) is 7.73. The Morgan fingerprint density at radius 2 is 1.85 bits per heavy atom. The van der Waals surface area contributed by atoms with E-state index in [1.54, 1.807) is 13.8 Å². The second-order valence-corrected chi connectivity index (χ2v) is 5.79. The van der Waals surface area contributed by atoms with Crippen LogP contribution in [0, 0.1) is 25.2 Å². The van der Waals surface area contributed by atoms with Gasteiger partial charge in [-0.3, -0.25) is 9.59 Å². The molecule has 2 rings (SSSR count). The van der Waals surface area contributed by atoms with Crippen molar-refractivity contribution in [3.05, 3.63) is 62.6 Å². The zero-order valence-corrected chi connectivity index (χ0v) is 14.1. The lowest BCUT2D eigenvalue weighted by Crippen LogP contribution is -2.18. The lowest BCUT2D eigenvalue weighted by Gasteiger charge is -2.11. The van der Waals surface area contributed by atoms with Crippen molar-refractivity contribution < 1.29 is 18.0 Å². The Kier molecular flexibility index (Phi) is 5.50. The first-order chi connectivity index (χ1) is 12.1. The molecule has 1 heterocycles. The minimum Gasteiger partial charge on any atom is -0.326 e. The van der Waals surface area contributed by atoms with E-state index < -0.39 is 17.3 Å². The highest BCUT2D eigenvalue weighted by Gasteiger charge is 2.29. The smallest absolute Gasteiger partial charge is 0.326 e. The van der Waals surface area contributed by atoms with Crippen molar-refractivity contribution in [1.82, 2.24) is 4.98 Å². The van der Waals surface area contributed by atoms with Crippen LogP contribution in [0.3, 0.4) is 0 Å². The summed E-state index contributed by atoms with van der Waals surface area (Å²) < 4.78 is 37.6. The van der Waals surface area contributed by atoms with Gasteiger partial charge in [0.2, 0.25) is 5.91 Å². The molecule has 0 saturated carbocycles. The molecule has 5 nitrogen and oxygen atoms in total. The summed E-state index contributed by atoms with van der Waals surface area (Å²) in [7, 11) is 0. The average molecular weight is 363 g/mol. The number of hydrogen-bond acceptors (Lipinski definition) is 3. The van der Waals surface area contributed by atoms with Gasteiger partial charge in [0, 0.05) is 17.8 Å². The van der Waals surface area contributed by atoms with Gasteiger partial charge in [0.15, 0.2) is 0 Å². The Morgan fingerprint density at radius 3 is 2.38 bits per heavy atom. The molecule has 0 aliphatic heterocycles. The molecule has 0 saturated heterocycles. The SMILES string of the molecule is Cc1[nH]c(=O)c(C#N)c(C)c1CCC(=O)Nc1ccc(C(F)(F)F)cc1. The molecule has 0 bridgehead atoms. The topological polar surface area (TPSA) is 85.8 Å². The molecular weight excluding hydrogens is 347 g/mol. The largest absolute Gasteiger partial charge is 0.416 e. The Hall–Kier alpha value is -3.08. The van der Waals surface area contributed by atoms with Crippen molar-refractivity contribution in [3.63, 3.8) is 0 Å². The number of pyridine rings is 1. The number of nitrogens with zero attached hydrogens (tertiary/aromatic N) is 1. The number of aromatic amines is 1. The van der Waals surface area contributed by atoms with E-state index in [0.29, 0.717) is 16.8 Å². The van der Waals surface area contributed by atoms with E-state index in [2.05, 4.69) is 10.3 Å². The molecule has 0 spiro atoms. The van der Waals surface area contributed by atoms with Crippen LogP contribution in [0.1, 0.15) is 34.4 Å². The summed E-state index contributed by atoms with van der Waals surface area (Å²) in [4.78, 5) is 26.3. The maximum Gasteiger partial charge on any atom is 0.416 e. The Labute approximate surface area is 147 Å². The Balaban J connectivity index is 2.06. The summed E-state index contributed by atoms with van der Waals surface area (Å²) in [5.74, 6) is -0.381. The van der Waals surface area contributed by atoms with Crippen molar-refractivity contribution in [3.8, 4) is 6.07 Å². The van der Waals surface area contributed by atoms with E-state index in [1.807, 2.05) is 6.07 Å². The monoisotopic (exact) mass is 363 g/mol. The summed E-state index contributed by atoms with van der Waals surface area (Å²) >= 11 is 0. The van der Waals surface area contributed by atoms with E-state index in [1.165, 1.54) is 12.1 Å². The predicted molar refractivity (Wildman–Crippen MR) is 89.6 cm³/mol. The number of amides is 1. The number of carbonyl (C=O) groups excluding carboxylic acids is 1. The molecule has 1 aromatic heterocycles. The fourth-order valence-corrected chi connectivity index (χ4v) is 2.62. The number of hydrogen-bond donors (Lipinski definition) is 2. The number of nitrogens with one attached hydrogen (secondary N) is 2. The molecule has 0 aliphatic rings. The van der Waals surface area contributed by atoms with E-state index in [-0.39, 0.29) is 30.0 Å². The van der Waals surface area contributed by atoms with E-state index in [4.69, 9.17) is 5.26 Å². The number of nitriles is 1. The van der Waals surface area contributed by atoms with Crippen LogP contribution in [-0.2, 0) is 17.4 Å². The molecular formula is C18H16F3N3O2. The van der Waals surface area contributed by atoms with Gasteiger partial charge in [-0.05, 0) is 55.7 Å². The molecule has 0 unspecified atom stereocenters. The summed E-state index contributed by atoms with van der Waals surface area (Å²) in [6.07, 6.45) is -4.09. The molecule has 2 N–H and O–H groups in total. The Bertz CT molecular complexity index is 923. The van der Waals surface area contributed by atoms with Gasteiger partial charge in [-0.1, -0.05) is 0 Å². The predicted octanol–water partition coefficient (Wildman–Crippen LogP) is 3.45. The number of aryl methyl sites for hydroxylation is 1. The number of anilines is 1. The van der Waals surface area contributed by atoms with Crippen LogP contribution in [0.2, 0.25) is 0 Å². The average Bonchev–Trinajstić information content (AvgIpc) is 2.54. The fourth-order valence-electron chi connectivity index (χ4n) is 2.62. The van der Waals surface area contributed by atoms with Crippen LogP contribution in [0.5, 0.6) is 0 Å². The second kappa shape index (κ2) is 7.44. The molecule has 1 aromatic carbocycles. The lowest BCUT2D eigenvalue weighted by molar-refractivity contribution is -0.137. The molecule has 26 heavy (non-hydrogen) atoms. The third kappa shape index (κ3) is 4.30. The molecule has 0 radical (unpaired) electrons. The van der Waals surface area contributed by atoms with Crippen LogP contribution in [0.15, 0.2) is 29.1 Å². The van der Waals surface area contributed by atoms with Crippen LogP contribution >= 0.6 is 0 Å². The normalized spacial score (nSPS) is 11.1. The summed E-state index contributed by atoms with van der Waals surface area (Å²) in [6.45, 7) is 3.32. The highest BCUT2D eigenvalue weighted by molar-refractivity contribution is 5.90. The highest BCUT2D eigenvalue weighted by atomic mass is 19.4. The number of rotatable bonds is 4. The standard InChI is InChI=1S/C18H16F3N3O2/c1-10-14(11(2)23-17(26)15(10)9-22)7-8-16(25)24-13-5-3-12(4-6-13)18(19,20)21/h3-6H,7-8H2,1-2H3,(H,23,26)(H,24,25). The quantitative estimate of drug-likeness (QED) is 0.872. The van der Waals surface area contributed by atoms with Gasteiger partial charge in [-0.2, -0.15) is 18.4 Å². The number of alkyl halides is 3. The third-order valence-electron chi connectivity index (χ3n) is 4.02. The number of carbonyl (C=O) groups is 1. The highest BCUT2D eigenvalue weighted by Crippen LogP contribution is 2.29. The van der Waals surface area contributed by atoms with Gasteiger partial charge in [0.05, 0.1) is 5.56 Å². The molecule has 0 atom stereocenters. The van der Waals surface area contributed by atoms with Crippen molar-refractivity contribution in [2.45, 2.75) is 32.9 Å². The number of benzene rings is 1. The zero-order valence-electron chi connectivity index (χ0n) is 14.1. The molecule has 8 heteroatoms. The summed E-state index contributed by atoms with van der Waals surface area (Å²) in [5, 5.41) is 11.6. The van der Waals surface area contributed by atoms with Gasteiger partial charge in [-0.15, -0.1) is 0 Å². The zero-order chi connectivity index (χ0) is 19.5. The second-order valence-electron chi connectivity index (χ2n) is 5.79. The number of aromatic nitrogens is 1. The van der Waals surface area contributed by atoms with Crippen molar-refractivity contribution >= 4 is 11.6 Å². The minimum atomic E-state index is -4.43. The number of halogens is 3. The van der Waals surface area contributed by atoms with E-state index in [9.17, 15) is 22.8 Å². The third-order valence-corrected chi connectivity index (χ3v) is 4.02. The molecule has 0 fully saturated rings. The fraction of sp³-hybridized carbons (Fsp3) is 0.278. The van der Waals surface area contributed by atoms with Crippen molar-refractivity contribution in [2.24, 2.45) is 0 Å². The van der Waals surface area contributed by atoms with E-state index in [0.717, 1.165) is 12.1 Å². The van der Waals surface area contributed by atoms with Gasteiger partial charge in [-0.25, -0.2) is 0 Å². The molecule has 1 amide bonds. The molecule has 0 aliphatic carbocycles. The van der Waals surface area contributed by atoms with Gasteiger partial charge < -0.3 is 10.3 Å². The van der Waals surface area contributed by atoms with Crippen LogP contribution in [-0.4, -0.2) is 10.9 Å². The first kappa shape index (κ1) is 19.2. The lowest BCUT2D eigenvalue weighted by atomic mass is 9.99. The van der Waals surface area contributed by atoms with Crippen LogP contribution < -0.4 is 10.9 Å². The summed E-state index contributed by atoms with van der Waals surface area (Å²) in [5.41, 5.74) is 0.803. The molecule has 136 valence electrons. The van der Waals surface area contributed by atoms with Crippen LogP contribution in [0.25, 0.3) is 0 Å². The van der Waals surface area contributed by atoms with Crippen LogP contribution in [0.4, 0.5) is 18.9 Å². The van der Waals surface area contributed by atoms with Gasteiger partial charge >= 0.3 is 6.18 Å². The maximum absolute atomic E-state index is 12.5. The van der Waals surface area contributed by atoms with E-state index >= 15 is 0 Å². The van der Waals surface area contributed by atoms with Gasteiger partial charge in [0.1, 0.15) is 11.6 Å². The summed E-state index contributed by atoms with van der Waals surface area (Å²) in [6, 6.07) is 6.00.